The van der Waals surface area contributed by atoms with Crippen molar-refractivity contribution in [2.75, 3.05) is 33.2 Å². The normalized spacial score (nSPS) is 17.0. The Morgan fingerprint density at radius 2 is 1.65 bits per heavy atom. The van der Waals surface area contributed by atoms with Crippen molar-refractivity contribution in [1.29, 1.82) is 0 Å². The van der Waals surface area contributed by atoms with Crippen LogP contribution in [-0.2, 0) is 34.6 Å². The third-order valence-corrected chi connectivity index (χ3v) is 10.1. The van der Waals surface area contributed by atoms with Crippen LogP contribution in [-0.4, -0.2) is 59.5 Å². The van der Waals surface area contributed by atoms with Crippen molar-refractivity contribution < 1.29 is 41.1 Å². The summed E-state index contributed by atoms with van der Waals surface area (Å²) in [6.45, 7) is -6.53. The Morgan fingerprint density at radius 3 is 2.35 bits per heavy atom. The molecule has 0 atom stereocenters. The predicted molar refractivity (Wildman–Crippen MR) is 193 cm³/mol. The molecule has 272 valence electrons. The molecular formula is C40H38F5N3O3S. The standard InChI is InChI=1S/C40H38F5N3O3S/c1-51-22-21-46-19-17-32(18-20-46)47(24-27-9-11-28(12-10-27)29-13-15-31(16-14-29)40(43,44)45)37(50)25-48-35-8-3-2-6-33(35)36(49)23-38(48)52-26-30-5-4-7-34(41)39(30)42/h2-16,23,32H,17-22,24-26H2,1H3/i1D3,21D2,22D2. The molecule has 6 rings (SSSR count). The quantitative estimate of drug-likeness (QED) is 0.0950. The maximum atomic E-state index is 14.7. The Morgan fingerprint density at radius 1 is 0.962 bits per heavy atom. The molecule has 6 nitrogen and oxygen atoms in total. The highest BCUT2D eigenvalue weighted by Crippen LogP contribution is 2.32. The first-order valence-corrected chi connectivity index (χ1v) is 17.3. The number of rotatable bonds is 12. The van der Waals surface area contributed by atoms with Crippen LogP contribution in [0.1, 0.15) is 39.1 Å². The molecule has 4 aromatic carbocycles. The maximum absolute atomic E-state index is 14.7. The number of ether oxygens (including phenoxy) is 1. The molecule has 0 N–H and O–H groups in total. The first-order valence-electron chi connectivity index (χ1n) is 19.8. The Labute approximate surface area is 312 Å². The largest absolute Gasteiger partial charge is 0.416 e. The lowest BCUT2D eigenvalue weighted by atomic mass is 10.00. The van der Waals surface area contributed by atoms with Gasteiger partial charge in [0, 0.05) is 64.7 Å². The lowest BCUT2D eigenvalue weighted by Crippen LogP contribution is -2.48. The van der Waals surface area contributed by atoms with Gasteiger partial charge in [-0.2, -0.15) is 13.2 Å². The van der Waals surface area contributed by atoms with Crippen molar-refractivity contribution in [3.05, 3.63) is 136 Å². The third-order valence-electron chi connectivity index (χ3n) is 9.01. The van der Waals surface area contributed by atoms with Crippen LogP contribution in [0.15, 0.2) is 107 Å². The summed E-state index contributed by atoms with van der Waals surface area (Å²) in [5, 5.41) is 0.627. The number of aromatic nitrogens is 1. The number of alkyl halides is 3. The van der Waals surface area contributed by atoms with Crippen molar-refractivity contribution in [2.45, 2.75) is 48.9 Å². The number of benzene rings is 4. The van der Waals surface area contributed by atoms with E-state index in [9.17, 15) is 31.5 Å². The van der Waals surface area contributed by atoms with Gasteiger partial charge in [-0.05, 0) is 59.9 Å². The van der Waals surface area contributed by atoms with Gasteiger partial charge in [0.1, 0.15) is 6.54 Å². The Hall–Kier alpha value is -4.52. The first kappa shape index (κ1) is 29.0. The third kappa shape index (κ3) is 8.74. The summed E-state index contributed by atoms with van der Waals surface area (Å²) >= 11 is 1.04. The SMILES string of the molecule is [2H]C([2H])([2H])OC([2H])([2H])C([2H])([2H])N1CCC(N(Cc2ccc(-c3ccc(C(F)(F)F)cc3)cc2)C(=O)Cn2c(SCc3cccc(F)c3F)cc(=O)c3ccccc32)CC1. The van der Waals surface area contributed by atoms with Crippen molar-refractivity contribution in [2.24, 2.45) is 0 Å². The van der Waals surface area contributed by atoms with Gasteiger partial charge in [-0.15, -0.1) is 11.8 Å². The van der Waals surface area contributed by atoms with Crippen LogP contribution >= 0.6 is 11.8 Å². The second kappa shape index (κ2) is 16.4. The summed E-state index contributed by atoms with van der Waals surface area (Å²) in [4.78, 5) is 30.6. The van der Waals surface area contributed by atoms with Gasteiger partial charge < -0.3 is 19.1 Å². The molecule has 1 saturated heterocycles. The van der Waals surface area contributed by atoms with Gasteiger partial charge in [0.15, 0.2) is 17.1 Å². The smallest absolute Gasteiger partial charge is 0.383 e. The van der Waals surface area contributed by atoms with Gasteiger partial charge in [-0.3, -0.25) is 9.59 Å². The number of hydrogen-bond donors (Lipinski definition) is 0. The highest BCUT2D eigenvalue weighted by Gasteiger charge is 2.31. The van der Waals surface area contributed by atoms with Crippen molar-refractivity contribution in [1.82, 2.24) is 14.4 Å². The molecule has 2 heterocycles. The van der Waals surface area contributed by atoms with E-state index in [0.717, 1.165) is 34.9 Å². The summed E-state index contributed by atoms with van der Waals surface area (Å²) in [5.74, 6) is -2.55. The van der Waals surface area contributed by atoms with Crippen LogP contribution in [0.25, 0.3) is 22.0 Å². The van der Waals surface area contributed by atoms with E-state index in [1.54, 1.807) is 58.0 Å². The summed E-state index contributed by atoms with van der Waals surface area (Å²) in [6.07, 6.45) is -4.21. The number of pyridine rings is 1. The number of carbonyl (C=O) groups is 1. The number of carbonyl (C=O) groups excluding carboxylic acids is 1. The molecule has 0 saturated carbocycles. The fourth-order valence-electron chi connectivity index (χ4n) is 6.27. The fourth-order valence-corrected chi connectivity index (χ4v) is 7.31. The zero-order valence-corrected chi connectivity index (χ0v) is 28.4. The summed E-state index contributed by atoms with van der Waals surface area (Å²) in [7, 11) is -3.21. The number of thioether (sulfide) groups is 1. The highest BCUT2D eigenvalue weighted by atomic mass is 32.2. The Kier molecular flexibility index (Phi) is 9.16. The van der Waals surface area contributed by atoms with Gasteiger partial charge >= 0.3 is 6.18 Å². The second-order valence-electron chi connectivity index (χ2n) is 12.3. The zero-order valence-electron chi connectivity index (χ0n) is 34.6. The number of nitrogens with zero attached hydrogens (tertiary/aromatic N) is 3. The molecule has 1 fully saturated rings. The van der Waals surface area contributed by atoms with E-state index < -0.39 is 55.4 Å². The summed E-state index contributed by atoms with van der Waals surface area (Å²) in [5.41, 5.74) is 1.14. The van der Waals surface area contributed by atoms with E-state index in [0.29, 0.717) is 32.6 Å². The molecule has 0 aliphatic carbocycles. The molecule has 0 radical (unpaired) electrons. The number of halogens is 5. The minimum absolute atomic E-state index is 0.0295. The van der Waals surface area contributed by atoms with E-state index in [-0.39, 0.29) is 55.8 Å². The van der Waals surface area contributed by atoms with E-state index >= 15 is 0 Å². The number of para-hydroxylation sites is 1. The van der Waals surface area contributed by atoms with Crippen molar-refractivity contribution in [3.8, 4) is 11.1 Å². The van der Waals surface area contributed by atoms with Crippen LogP contribution in [0.4, 0.5) is 22.0 Å². The fraction of sp³-hybridized carbons (Fsp3) is 0.300. The molecule has 0 bridgehead atoms. The average Bonchev–Trinajstić information content (AvgIpc) is 3.18. The number of methoxy groups -OCH3 is 1. The molecule has 0 spiro atoms. The minimum atomic E-state index is -4.49. The van der Waals surface area contributed by atoms with E-state index in [1.807, 2.05) is 0 Å². The molecule has 0 unspecified atom stereocenters. The number of amides is 1. The summed E-state index contributed by atoms with van der Waals surface area (Å²) in [6, 6.07) is 22.8. The zero-order chi connectivity index (χ0) is 42.9. The monoisotopic (exact) mass is 742 g/mol. The average molecular weight is 743 g/mol. The molecule has 5 aromatic rings. The lowest BCUT2D eigenvalue weighted by molar-refractivity contribution is -0.137. The topological polar surface area (TPSA) is 54.8 Å². The Balaban J connectivity index is 1.31. The molecule has 12 heteroatoms. The van der Waals surface area contributed by atoms with Crippen LogP contribution in [0, 0.1) is 11.6 Å². The van der Waals surface area contributed by atoms with Gasteiger partial charge in [-0.1, -0.05) is 60.7 Å². The van der Waals surface area contributed by atoms with E-state index in [4.69, 9.17) is 9.60 Å². The molecule has 52 heavy (non-hydrogen) atoms. The molecule has 1 aromatic heterocycles. The van der Waals surface area contributed by atoms with Crippen molar-refractivity contribution >= 4 is 28.6 Å². The minimum Gasteiger partial charge on any atom is -0.383 e. The van der Waals surface area contributed by atoms with E-state index in [2.05, 4.69) is 4.74 Å². The number of piperidine rings is 1. The van der Waals surface area contributed by atoms with Gasteiger partial charge in [0.25, 0.3) is 0 Å². The van der Waals surface area contributed by atoms with Gasteiger partial charge in [-0.25, -0.2) is 8.78 Å². The highest BCUT2D eigenvalue weighted by molar-refractivity contribution is 7.98. The lowest BCUT2D eigenvalue weighted by Gasteiger charge is -2.39. The Bertz CT molecular complexity index is 2350. The first-order chi connectivity index (χ1) is 27.6. The van der Waals surface area contributed by atoms with Gasteiger partial charge in [0.2, 0.25) is 5.91 Å². The van der Waals surface area contributed by atoms with Crippen molar-refractivity contribution in [3.63, 3.8) is 0 Å². The molecule has 1 amide bonds. The summed E-state index contributed by atoms with van der Waals surface area (Å²) < 4.78 is 129. The maximum Gasteiger partial charge on any atom is 0.416 e. The predicted octanol–water partition coefficient (Wildman–Crippen LogP) is 8.40. The molecule has 1 aliphatic rings. The van der Waals surface area contributed by atoms with Crippen LogP contribution in [0.2, 0.25) is 0 Å². The molecule has 1 aliphatic heterocycles. The molecular weight excluding hydrogens is 698 g/mol. The van der Waals surface area contributed by atoms with Crippen LogP contribution in [0.5, 0.6) is 0 Å². The van der Waals surface area contributed by atoms with Gasteiger partial charge in [0.05, 0.1) is 29.5 Å². The number of fused-ring (bicyclic) bond motifs is 1. The number of likely N-dealkylation sites (tertiary alicyclic amines) is 1. The second-order valence-corrected chi connectivity index (χ2v) is 13.3. The van der Waals surface area contributed by atoms with Crippen LogP contribution in [0.3, 0.4) is 0 Å². The number of hydrogen-bond acceptors (Lipinski definition) is 5. The van der Waals surface area contributed by atoms with E-state index in [1.165, 1.54) is 30.3 Å². The van der Waals surface area contributed by atoms with Crippen LogP contribution < -0.4 is 5.43 Å².